The molecule has 5 aromatic rings. The van der Waals surface area contributed by atoms with Crippen molar-refractivity contribution in [3.63, 3.8) is 0 Å². The molecular formula is C28H20N2O2. The van der Waals surface area contributed by atoms with Crippen LogP contribution in [-0.4, -0.2) is 20.2 Å². The SMILES string of the molecule is Oc1ccc(-c2nc(-c3ccccc3)c(-c3ccc(O)cc3)nc2-c2ccccc2)cc1. The molecule has 4 aromatic carbocycles. The zero-order valence-corrected chi connectivity index (χ0v) is 17.2. The molecule has 0 radical (unpaired) electrons. The lowest BCUT2D eigenvalue weighted by molar-refractivity contribution is 0.475. The van der Waals surface area contributed by atoms with Crippen molar-refractivity contribution in [1.29, 1.82) is 0 Å². The van der Waals surface area contributed by atoms with Crippen molar-refractivity contribution in [1.82, 2.24) is 9.97 Å². The summed E-state index contributed by atoms with van der Waals surface area (Å²) in [6, 6.07) is 33.9. The second kappa shape index (κ2) is 8.36. The Labute approximate surface area is 186 Å². The zero-order chi connectivity index (χ0) is 21.9. The Bertz CT molecular complexity index is 1240. The second-order valence-corrected chi connectivity index (χ2v) is 7.44. The Hall–Kier alpha value is -4.44. The molecule has 0 fully saturated rings. The highest BCUT2D eigenvalue weighted by Gasteiger charge is 2.19. The largest absolute Gasteiger partial charge is 0.508 e. The number of aromatic nitrogens is 2. The number of phenolic OH excluding ortho intramolecular Hbond substituents is 2. The van der Waals surface area contributed by atoms with Gasteiger partial charge in [-0.25, -0.2) is 9.97 Å². The lowest BCUT2D eigenvalue weighted by Crippen LogP contribution is -2.00. The van der Waals surface area contributed by atoms with Crippen molar-refractivity contribution in [3.8, 4) is 56.5 Å². The van der Waals surface area contributed by atoms with Crippen molar-refractivity contribution in [2.24, 2.45) is 0 Å². The highest BCUT2D eigenvalue weighted by Crippen LogP contribution is 2.37. The Kier molecular flexibility index (Phi) is 5.10. The maximum Gasteiger partial charge on any atom is 0.115 e. The molecule has 0 aliphatic carbocycles. The summed E-state index contributed by atoms with van der Waals surface area (Å²) in [6.07, 6.45) is 0. The lowest BCUT2D eigenvalue weighted by Gasteiger charge is -2.16. The Morgan fingerprint density at radius 3 is 0.938 bits per heavy atom. The first-order valence-corrected chi connectivity index (χ1v) is 10.3. The van der Waals surface area contributed by atoms with E-state index in [1.54, 1.807) is 24.3 Å². The highest BCUT2D eigenvalue weighted by atomic mass is 16.3. The third-order valence-electron chi connectivity index (χ3n) is 5.27. The van der Waals surface area contributed by atoms with Crippen molar-refractivity contribution >= 4 is 0 Å². The fraction of sp³-hybridized carbons (Fsp3) is 0. The first-order chi connectivity index (χ1) is 15.7. The molecule has 0 unspecified atom stereocenters. The van der Waals surface area contributed by atoms with Crippen LogP contribution in [0.25, 0.3) is 45.0 Å². The summed E-state index contributed by atoms with van der Waals surface area (Å²) in [7, 11) is 0. The minimum Gasteiger partial charge on any atom is -0.508 e. The van der Waals surface area contributed by atoms with Crippen LogP contribution in [0.5, 0.6) is 11.5 Å². The third kappa shape index (κ3) is 3.82. The predicted molar refractivity (Wildman–Crippen MR) is 127 cm³/mol. The van der Waals surface area contributed by atoms with Gasteiger partial charge in [0.2, 0.25) is 0 Å². The first kappa shape index (κ1) is 19.5. The average Bonchev–Trinajstić information content (AvgIpc) is 2.85. The molecule has 0 aliphatic rings. The van der Waals surface area contributed by atoms with Gasteiger partial charge in [0.1, 0.15) is 11.5 Å². The van der Waals surface area contributed by atoms with Crippen molar-refractivity contribution in [2.75, 3.05) is 0 Å². The summed E-state index contributed by atoms with van der Waals surface area (Å²) in [5, 5.41) is 19.6. The molecule has 5 rings (SSSR count). The summed E-state index contributed by atoms with van der Waals surface area (Å²) in [5.74, 6) is 0.402. The Morgan fingerprint density at radius 2 is 0.625 bits per heavy atom. The molecular weight excluding hydrogens is 396 g/mol. The van der Waals surface area contributed by atoms with Gasteiger partial charge in [-0.05, 0) is 48.5 Å². The van der Waals surface area contributed by atoms with E-state index in [9.17, 15) is 10.2 Å². The van der Waals surface area contributed by atoms with Gasteiger partial charge in [-0.3, -0.25) is 0 Å². The molecule has 32 heavy (non-hydrogen) atoms. The highest BCUT2D eigenvalue weighted by molar-refractivity contribution is 5.86. The van der Waals surface area contributed by atoms with Gasteiger partial charge in [0.15, 0.2) is 0 Å². The number of phenols is 2. The van der Waals surface area contributed by atoms with Gasteiger partial charge in [-0.15, -0.1) is 0 Å². The minimum absolute atomic E-state index is 0.201. The fourth-order valence-corrected chi connectivity index (χ4v) is 3.67. The van der Waals surface area contributed by atoms with E-state index >= 15 is 0 Å². The van der Waals surface area contributed by atoms with Crippen LogP contribution in [-0.2, 0) is 0 Å². The van der Waals surface area contributed by atoms with Crippen LogP contribution in [0, 0.1) is 0 Å². The maximum atomic E-state index is 9.78. The maximum absolute atomic E-state index is 9.78. The summed E-state index contributed by atoms with van der Waals surface area (Å²) >= 11 is 0. The van der Waals surface area contributed by atoms with Gasteiger partial charge in [0.25, 0.3) is 0 Å². The molecule has 0 atom stereocenters. The van der Waals surface area contributed by atoms with Gasteiger partial charge in [-0.2, -0.15) is 0 Å². The van der Waals surface area contributed by atoms with E-state index in [1.165, 1.54) is 0 Å². The molecule has 154 valence electrons. The van der Waals surface area contributed by atoms with Crippen LogP contribution in [0.4, 0.5) is 0 Å². The van der Waals surface area contributed by atoms with Gasteiger partial charge in [0, 0.05) is 22.3 Å². The van der Waals surface area contributed by atoms with Crippen LogP contribution in [0.15, 0.2) is 109 Å². The van der Waals surface area contributed by atoms with E-state index in [0.717, 1.165) is 45.0 Å². The number of aromatic hydroxyl groups is 2. The summed E-state index contributed by atoms with van der Waals surface area (Å²) in [5.41, 5.74) is 6.59. The standard InChI is InChI=1S/C28H20N2O2/c31-23-15-11-21(12-16-23)27-25(19-7-3-1-4-8-19)29-28(22-13-17-24(32)18-14-22)26(30-27)20-9-5-2-6-10-20/h1-18,31-32H. The molecule has 0 saturated carbocycles. The average molecular weight is 416 g/mol. The summed E-state index contributed by atoms with van der Waals surface area (Å²) in [4.78, 5) is 10.2. The van der Waals surface area contributed by atoms with Gasteiger partial charge >= 0.3 is 0 Å². The molecule has 0 aliphatic heterocycles. The second-order valence-electron chi connectivity index (χ2n) is 7.44. The Morgan fingerprint density at radius 1 is 0.344 bits per heavy atom. The summed E-state index contributed by atoms with van der Waals surface area (Å²) in [6.45, 7) is 0. The van der Waals surface area contributed by atoms with E-state index in [2.05, 4.69) is 0 Å². The molecule has 1 heterocycles. The monoisotopic (exact) mass is 416 g/mol. The van der Waals surface area contributed by atoms with E-state index in [-0.39, 0.29) is 11.5 Å². The van der Waals surface area contributed by atoms with Crippen molar-refractivity contribution < 1.29 is 10.2 Å². The molecule has 0 amide bonds. The number of rotatable bonds is 4. The van der Waals surface area contributed by atoms with Gasteiger partial charge < -0.3 is 10.2 Å². The molecule has 0 bridgehead atoms. The molecule has 4 nitrogen and oxygen atoms in total. The third-order valence-corrected chi connectivity index (χ3v) is 5.27. The zero-order valence-electron chi connectivity index (χ0n) is 17.2. The molecule has 0 saturated heterocycles. The van der Waals surface area contributed by atoms with Crippen LogP contribution >= 0.6 is 0 Å². The predicted octanol–water partition coefficient (Wildman–Crippen LogP) is 6.56. The number of hydrogen-bond acceptors (Lipinski definition) is 4. The van der Waals surface area contributed by atoms with Gasteiger partial charge in [0.05, 0.1) is 22.8 Å². The lowest BCUT2D eigenvalue weighted by atomic mass is 9.99. The van der Waals surface area contributed by atoms with E-state index in [4.69, 9.17) is 9.97 Å². The van der Waals surface area contributed by atoms with Crippen LogP contribution < -0.4 is 0 Å². The normalized spacial score (nSPS) is 10.8. The van der Waals surface area contributed by atoms with E-state index < -0.39 is 0 Å². The number of nitrogens with zero attached hydrogens (tertiary/aromatic N) is 2. The van der Waals surface area contributed by atoms with Crippen LogP contribution in [0.3, 0.4) is 0 Å². The topological polar surface area (TPSA) is 66.2 Å². The minimum atomic E-state index is 0.201. The Balaban J connectivity index is 1.83. The molecule has 0 spiro atoms. The summed E-state index contributed by atoms with van der Waals surface area (Å²) < 4.78 is 0. The van der Waals surface area contributed by atoms with Crippen LogP contribution in [0.1, 0.15) is 0 Å². The first-order valence-electron chi connectivity index (χ1n) is 10.3. The van der Waals surface area contributed by atoms with Crippen molar-refractivity contribution in [2.45, 2.75) is 0 Å². The van der Waals surface area contributed by atoms with Crippen LogP contribution in [0.2, 0.25) is 0 Å². The molecule has 2 N–H and O–H groups in total. The smallest absolute Gasteiger partial charge is 0.115 e. The number of benzene rings is 4. The van der Waals surface area contributed by atoms with Gasteiger partial charge in [-0.1, -0.05) is 60.7 Å². The van der Waals surface area contributed by atoms with E-state index in [1.807, 2.05) is 84.9 Å². The number of hydrogen-bond donors (Lipinski definition) is 2. The quantitative estimate of drug-likeness (QED) is 0.348. The molecule has 1 aromatic heterocycles. The van der Waals surface area contributed by atoms with E-state index in [0.29, 0.717) is 0 Å². The molecule has 4 heteroatoms. The van der Waals surface area contributed by atoms with Crippen molar-refractivity contribution in [3.05, 3.63) is 109 Å². The fourth-order valence-electron chi connectivity index (χ4n) is 3.67.